The molecular formula is C19H16F3N3O2. The fraction of sp³-hybridized carbons (Fsp3) is 0.368. The van der Waals surface area contributed by atoms with Crippen molar-refractivity contribution in [2.75, 3.05) is 0 Å². The van der Waals surface area contributed by atoms with Crippen molar-refractivity contribution >= 4 is 5.91 Å². The molecule has 2 fully saturated rings. The van der Waals surface area contributed by atoms with Crippen LogP contribution in [0.2, 0.25) is 0 Å². The lowest BCUT2D eigenvalue weighted by Gasteiger charge is -2.21. The number of fused-ring (bicyclic) bond motifs is 2. The normalized spacial score (nSPS) is 24.1. The van der Waals surface area contributed by atoms with Gasteiger partial charge in [0.15, 0.2) is 12.0 Å². The molecule has 27 heavy (non-hydrogen) atoms. The number of nitrogens with zero attached hydrogens (tertiary/aromatic N) is 2. The average Bonchev–Trinajstić information content (AvgIpc) is 3.35. The Morgan fingerprint density at radius 2 is 2.07 bits per heavy atom. The monoisotopic (exact) mass is 375 g/mol. The molecule has 1 aromatic carbocycles. The molecule has 0 aliphatic carbocycles. The van der Waals surface area contributed by atoms with Gasteiger partial charge in [0, 0.05) is 11.6 Å². The molecule has 2 aliphatic rings. The minimum Gasteiger partial charge on any atom is -0.451 e. The van der Waals surface area contributed by atoms with E-state index in [1.54, 1.807) is 4.90 Å². The van der Waals surface area contributed by atoms with Gasteiger partial charge in [-0.2, -0.15) is 18.4 Å². The van der Waals surface area contributed by atoms with E-state index in [2.05, 4.69) is 11.5 Å². The molecule has 3 atom stereocenters. The summed E-state index contributed by atoms with van der Waals surface area (Å²) < 4.78 is 44.1. The highest BCUT2D eigenvalue weighted by molar-refractivity contribution is 5.92. The SMILES string of the molecule is N#CN1[C@H]2CC[C@@H]1[C@H](NC(=O)c1ccc(-c3cccc(C(F)(F)F)c3)o1)C2. The number of furan rings is 1. The van der Waals surface area contributed by atoms with Crippen molar-refractivity contribution in [3.8, 4) is 17.5 Å². The number of benzene rings is 1. The minimum atomic E-state index is -4.45. The van der Waals surface area contributed by atoms with Gasteiger partial charge in [0.1, 0.15) is 5.76 Å². The van der Waals surface area contributed by atoms with E-state index in [0.29, 0.717) is 6.42 Å². The average molecular weight is 375 g/mol. The molecule has 2 saturated heterocycles. The maximum Gasteiger partial charge on any atom is 0.416 e. The van der Waals surface area contributed by atoms with Crippen LogP contribution in [0.3, 0.4) is 0 Å². The number of carbonyl (C=O) groups is 1. The van der Waals surface area contributed by atoms with Crippen LogP contribution < -0.4 is 5.32 Å². The van der Waals surface area contributed by atoms with Crippen molar-refractivity contribution in [3.05, 3.63) is 47.7 Å². The van der Waals surface area contributed by atoms with Crippen molar-refractivity contribution in [1.82, 2.24) is 10.2 Å². The Kier molecular flexibility index (Phi) is 4.10. The molecule has 4 rings (SSSR count). The standard InChI is InChI=1S/C19H16F3N3O2/c20-19(21,22)12-3-1-2-11(8-12)16-6-7-17(27-16)18(26)24-14-9-13-4-5-15(14)25(13)10-23/h1-3,6-8,13-15H,4-5,9H2,(H,24,26)/t13-,14+,15+/m0/s1. The first-order valence-corrected chi connectivity index (χ1v) is 8.63. The first kappa shape index (κ1) is 17.5. The molecule has 3 heterocycles. The summed E-state index contributed by atoms with van der Waals surface area (Å²) in [6, 6.07) is 7.73. The van der Waals surface area contributed by atoms with E-state index in [-0.39, 0.29) is 35.2 Å². The van der Waals surface area contributed by atoms with Crippen LogP contribution in [0.25, 0.3) is 11.3 Å². The molecule has 0 saturated carbocycles. The number of hydrogen-bond acceptors (Lipinski definition) is 4. The van der Waals surface area contributed by atoms with E-state index in [4.69, 9.17) is 4.42 Å². The van der Waals surface area contributed by atoms with Crippen LogP contribution in [0.15, 0.2) is 40.8 Å². The van der Waals surface area contributed by atoms with Crippen LogP contribution in [0.5, 0.6) is 0 Å². The summed E-state index contributed by atoms with van der Waals surface area (Å²) in [6.07, 6.45) is 0.252. The summed E-state index contributed by atoms with van der Waals surface area (Å²) in [4.78, 5) is 14.2. The maximum absolute atomic E-state index is 12.9. The van der Waals surface area contributed by atoms with Crippen LogP contribution in [0, 0.1) is 11.5 Å². The van der Waals surface area contributed by atoms with Gasteiger partial charge < -0.3 is 14.6 Å². The van der Waals surface area contributed by atoms with Crippen LogP contribution >= 0.6 is 0 Å². The lowest BCUT2D eigenvalue weighted by molar-refractivity contribution is -0.137. The molecule has 0 unspecified atom stereocenters. The van der Waals surface area contributed by atoms with Crippen molar-refractivity contribution < 1.29 is 22.4 Å². The summed E-state index contributed by atoms with van der Waals surface area (Å²) in [5, 5.41) is 12.1. The fourth-order valence-corrected chi connectivity index (χ4v) is 4.00. The van der Waals surface area contributed by atoms with Gasteiger partial charge in [-0.15, -0.1) is 0 Å². The zero-order valence-corrected chi connectivity index (χ0v) is 14.2. The first-order chi connectivity index (χ1) is 12.9. The summed E-state index contributed by atoms with van der Waals surface area (Å²) in [5.74, 6) is -0.199. The predicted octanol–water partition coefficient (Wildman–Crippen LogP) is 3.78. The molecule has 1 amide bonds. The molecule has 5 nitrogen and oxygen atoms in total. The predicted molar refractivity (Wildman–Crippen MR) is 89.3 cm³/mol. The number of alkyl halides is 3. The number of amides is 1. The number of hydrogen-bond donors (Lipinski definition) is 1. The third kappa shape index (κ3) is 3.14. The van der Waals surface area contributed by atoms with Crippen molar-refractivity contribution in [3.63, 3.8) is 0 Å². The van der Waals surface area contributed by atoms with Gasteiger partial charge in [0.05, 0.1) is 17.6 Å². The molecule has 1 aromatic heterocycles. The number of halogens is 3. The highest BCUT2D eigenvalue weighted by Gasteiger charge is 2.46. The summed E-state index contributed by atoms with van der Waals surface area (Å²) in [6.45, 7) is 0. The van der Waals surface area contributed by atoms with Crippen molar-refractivity contribution in [1.29, 1.82) is 5.26 Å². The highest BCUT2D eigenvalue weighted by atomic mass is 19.4. The topological polar surface area (TPSA) is 69.3 Å². The number of nitriles is 1. The van der Waals surface area contributed by atoms with Gasteiger partial charge in [0.2, 0.25) is 0 Å². The smallest absolute Gasteiger partial charge is 0.416 e. The molecule has 2 aromatic rings. The second kappa shape index (κ2) is 6.34. The second-order valence-corrected chi connectivity index (χ2v) is 6.86. The summed E-state index contributed by atoms with van der Waals surface area (Å²) in [5.41, 5.74) is -0.527. The minimum absolute atomic E-state index is 0.00171. The largest absolute Gasteiger partial charge is 0.451 e. The van der Waals surface area contributed by atoms with Gasteiger partial charge in [-0.05, 0) is 43.5 Å². The van der Waals surface area contributed by atoms with Crippen LogP contribution in [-0.2, 0) is 6.18 Å². The first-order valence-electron chi connectivity index (χ1n) is 8.63. The van der Waals surface area contributed by atoms with Crippen molar-refractivity contribution in [2.24, 2.45) is 0 Å². The van der Waals surface area contributed by atoms with E-state index < -0.39 is 17.6 Å². The van der Waals surface area contributed by atoms with E-state index >= 15 is 0 Å². The Bertz CT molecular complexity index is 915. The summed E-state index contributed by atoms with van der Waals surface area (Å²) in [7, 11) is 0. The van der Waals surface area contributed by atoms with Crippen LogP contribution in [0.1, 0.15) is 35.4 Å². The highest BCUT2D eigenvalue weighted by Crippen LogP contribution is 2.37. The molecule has 2 bridgehead atoms. The quantitative estimate of drug-likeness (QED) is 0.829. The lowest BCUT2D eigenvalue weighted by atomic mass is 9.95. The van der Waals surface area contributed by atoms with Gasteiger partial charge >= 0.3 is 6.18 Å². The fourth-order valence-electron chi connectivity index (χ4n) is 4.00. The molecule has 8 heteroatoms. The second-order valence-electron chi connectivity index (χ2n) is 6.86. The van der Waals surface area contributed by atoms with Crippen LogP contribution in [0.4, 0.5) is 13.2 Å². The molecule has 0 spiro atoms. The lowest BCUT2D eigenvalue weighted by Crippen LogP contribution is -2.43. The maximum atomic E-state index is 12.9. The van der Waals surface area contributed by atoms with Gasteiger partial charge in [-0.1, -0.05) is 12.1 Å². The number of carbonyl (C=O) groups excluding carboxylic acids is 1. The Morgan fingerprint density at radius 3 is 2.78 bits per heavy atom. The molecule has 0 radical (unpaired) electrons. The van der Waals surface area contributed by atoms with Gasteiger partial charge in [-0.3, -0.25) is 4.79 Å². The Balaban J connectivity index is 1.49. The Labute approximate surface area is 153 Å². The van der Waals surface area contributed by atoms with E-state index in [0.717, 1.165) is 25.0 Å². The molecule has 1 N–H and O–H groups in total. The van der Waals surface area contributed by atoms with Gasteiger partial charge in [-0.25, -0.2) is 0 Å². The van der Waals surface area contributed by atoms with E-state index in [9.17, 15) is 23.2 Å². The summed E-state index contributed by atoms with van der Waals surface area (Å²) >= 11 is 0. The van der Waals surface area contributed by atoms with Gasteiger partial charge in [0.25, 0.3) is 5.91 Å². The Hall–Kier alpha value is -2.95. The van der Waals surface area contributed by atoms with Crippen LogP contribution in [-0.4, -0.2) is 28.9 Å². The van der Waals surface area contributed by atoms with E-state index in [1.807, 2.05) is 0 Å². The zero-order valence-electron chi connectivity index (χ0n) is 14.2. The molecule has 2 aliphatic heterocycles. The van der Waals surface area contributed by atoms with Crippen molar-refractivity contribution in [2.45, 2.75) is 43.6 Å². The third-order valence-corrected chi connectivity index (χ3v) is 5.27. The third-order valence-electron chi connectivity index (χ3n) is 5.27. The van der Waals surface area contributed by atoms with E-state index in [1.165, 1.54) is 24.3 Å². The number of rotatable bonds is 3. The Morgan fingerprint density at radius 1 is 1.26 bits per heavy atom. The molecule has 140 valence electrons. The number of nitrogens with one attached hydrogen (secondary N) is 1. The molecular weight excluding hydrogens is 359 g/mol. The zero-order chi connectivity index (χ0) is 19.2.